The van der Waals surface area contributed by atoms with Crippen LogP contribution in [0, 0.1) is 11.3 Å². The number of nitrogens with one attached hydrogen (secondary N) is 1. The normalized spacial score (nSPS) is 26.8. The molecule has 1 fully saturated rings. The quantitative estimate of drug-likeness (QED) is 0.614. The fourth-order valence-electron chi connectivity index (χ4n) is 1.93. The predicted octanol–water partition coefficient (Wildman–Crippen LogP) is -0.608. The summed E-state index contributed by atoms with van der Waals surface area (Å²) in [5.41, 5.74) is -0.405. The zero-order valence-electron chi connectivity index (χ0n) is 9.41. The Hall–Kier alpha value is -1.95. The molecule has 8 heteroatoms. The van der Waals surface area contributed by atoms with E-state index in [1.807, 2.05) is 6.07 Å². The molecule has 96 valence electrons. The van der Waals surface area contributed by atoms with Gasteiger partial charge in [0.1, 0.15) is 6.07 Å². The van der Waals surface area contributed by atoms with E-state index in [0.717, 1.165) is 4.57 Å². The predicted molar refractivity (Wildman–Crippen MR) is 58.7 cm³/mol. The fraction of sp³-hybridized carbons (Fsp3) is 0.500. The third-order valence-electron chi connectivity index (χ3n) is 2.85. The van der Waals surface area contributed by atoms with Gasteiger partial charge in [-0.2, -0.15) is 10.2 Å². The number of aromatic nitrogens is 2. The second kappa shape index (κ2) is 4.73. The molecule has 2 unspecified atom stereocenters. The summed E-state index contributed by atoms with van der Waals surface area (Å²) in [6.45, 7) is -0.206. The van der Waals surface area contributed by atoms with Crippen LogP contribution in [0.1, 0.15) is 12.8 Å². The molecule has 0 spiro atoms. The van der Waals surface area contributed by atoms with Crippen LogP contribution >= 0.6 is 0 Å². The van der Waals surface area contributed by atoms with E-state index in [1.165, 1.54) is 12.3 Å². The van der Waals surface area contributed by atoms with Gasteiger partial charge in [-0.25, -0.2) is 4.79 Å². The minimum Gasteiger partial charge on any atom is -0.394 e. The van der Waals surface area contributed by atoms with Crippen LogP contribution in [0.4, 0.5) is 5.82 Å². The van der Waals surface area contributed by atoms with Gasteiger partial charge in [-0.05, 0) is 12.5 Å². The van der Waals surface area contributed by atoms with Crippen molar-refractivity contribution in [1.82, 2.24) is 9.55 Å². The van der Waals surface area contributed by atoms with Gasteiger partial charge in [0, 0.05) is 12.6 Å². The standard InChI is InChI=1S/C10H12N4O4/c11-6-10(3-1-7(5-15)18-10)14-4-2-8(13-17)12-9(14)16/h2,4,7,15,17H,1,3,5H2,(H,12,13,16). The molecule has 0 aromatic carbocycles. The van der Waals surface area contributed by atoms with Crippen LogP contribution in [0.15, 0.2) is 17.1 Å². The summed E-state index contributed by atoms with van der Waals surface area (Å²) in [5, 5.41) is 26.9. The first-order valence-corrected chi connectivity index (χ1v) is 5.35. The maximum atomic E-state index is 11.8. The first-order valence-electron chi connectivity index (χ1n) is 5.35. The molecule has 1 saturated heterocycles. The molecular weight excluding hydrogens is 240 g/mol. The SMILES string of the molecule is N#CC1(n2ccc(NO)nc2=O)CCC(CO)O1. The van der Waals surface area contributed by atoms with Gasteiger partial charge in [-0.15, -0.1) is 0 Å². The van der Waals surface area contributed by atoms with Gasteiger partial charge in [-0.1, -0.05) is 0 Å². The Morgan fingerprint density at radius 1 is 1.78 bits per heavy atom. The van der Waals surface area contributed by atoms with Crippen molar-refractivity contribution in [3.05, 3.63) is 22.7 Å². The number of aliphatic hydroxyl groups is 1. The lowest BCUT2D eigenvalue weighted by Gasteiger charge is -2.23. The van der Waals surface area contributed by atoms with Gasteiger partial charge in [-0.3, -0.25) is 15.3 Å². The van der Waals surface area contributed by atoms with Crippen LogP contribution in [0.25, 0.3) is 0 Å². The summed E-state index contributed by atoms with van der Waals surface area (Å²) in [6, 6.07) is 3.29. The summed E-state index contributed by atoms with van der Waals surface area (Å²) in [5.74, 6) is -0.0129. The summed E-state index contributed by atoms with van der Waals surface area (Å²) < 4.78 is 6.48. The molecule has 1 aromatic heterocycles. The van der Waals surface area contributed by atoms with Gasteiger partial charge in [0.05, 0.1) is 12.7 Å². The third-order valence-corrected chi connectivity index (χ3v) is 2.85. The maximum absolute atomic E-state index is 11.8. The first-order chi connectivity index (χ1) is 8.65. The highest BCUT2D eigenvalue weighted by Crippen LogP contribution is 2.33. The average molecular weight is 252 g/mol. The summed E-state index contributed by atoms with van der Waals surface area (Å²) in [7, 11) is 0. The molecule has 1 aromatic rings. The largest absolute Gasteiger partial charge is 0.394 e. The highest BCUT2D eigenvalue weighted by molar-refractivity contribution is 5.28. The van der Waals surface area contributed by atoms with Crippen molar-refractivity contribution >= 4 is 5.82 Å². The molecule has 2 atom stereocenters. The number of nitriles is 1. The van der Waals surface area contributed by atoms with Gasteiger partial charge in [0.2, 0.25) is 5.72 Å². The number of hydrogen-bond donors (Lipinski definition) is 3. The van der Waals surface area contributed by atoms with Crippen molar-refractivity contribution in [2.75, 3.05) is 12.1 Å². The molecule has 18 heavy (non-hydrogen) atoms. The zero-order valence-corrected chi connectivity index (χ0v) is 9.41. The van der Waals surface area contributed by atoms with Crippen LogP contribution in [-0.2, 0) is 10.5 Å². The van der Waals surface area contributed by atoms with Gasteiger partial charge in [0.25, 0.3) is 0 Å². The van der Waals surface area contributed by atoms with E-state index in [-0.39, 0.29) is 12.4 Å². The highest BCUT2D eigenvalue weighted by Gasteiger charge is 2.43. The molecular formula is C10H12N4O4. The van der Waals surface area contributed by atoms with Crippen molar-refractivity contribution < 1.29 is 15.1 Å². The van der Waals surface area contributed by atoms with Crippen molar-refractivity contribution in [3.8, 4) is 6.07 Å². The molecule has 1 aliphatic heterocycles. The highest BCUT2D eigenvalue weighted by atomic mass is 16.5. The van der Waals surface area contributed by atoms with Crippen LogP contribution in [-0.4, -0.2) is 32.6 Å². The molecule has 8 nitrogen and oxygen atoms in total. The summed E-state index contributed by atoms with van der Waals surface area (Å²) in [4.78, 5) is 15.3. The van der Waals surface area contributed by atoms with Crippen LogP contribution in [0.2, 0.25) is 0 Å². The van der Waals surface area contributed by atoms with E-state index < -0.39 is 17.5 Å². The number of anilines is 1. The van der Waals surface area contributed by atoms with Crippen molar-refractivity contribution in [3.63, 3.8) is 0 Å². The Bertz CT molecular complexity index is 537. The average Bonchev–Trinajstić information content (AvgIpc) is 2.83. The number of rotatable bonds is 3. The van der Waals surface area contributed by atoms with Gasteiger partial charge < -0.3 is 9.84 Å². The van der Waals surface area contributed by atoms with Crippen molar-refractivity contribution in [2.45, 2.75) is 24.7 Å². The Kier molecular flexibility index (Phi) is 3.29. The van der Waals surface area contributed by atoms with E-state index in [1.54, 1.807) is 5.48 Å². The van der Waals surface area contributed by atoms with E-state index in [0.29, 0.717) is 12.8 Å². The monoisotopic (exact) mass is 252 g/mol. The number of aliphatic hydroxyl groups excluding tert-OH is 1. The lowest BCUT2D eigenvalue weighted by Crippen LogP contribution is -2.41. The Morgan fingerprint density at radius 2 is 2.56 bits per heavy atom. The van der Waals surface area contributed by atoms with Crippen molar-refractivity contribution in [2.24, 2.45) is 0 Å². The topological polar surface area (TPSA) is 120 Å². The van der Waals surface area contributed by atoms with E-state index >= 15 is 0 Å². The lowest BCUT2D eigenvalue weighted by atomic mass is 10.1. The summed E-state index contributed by atoms with van der Waals surface area (Å²) >= 11 is 0. The van der Waals surface area contributed by atoms with E-state index in [9.17, 15) is 10.1 Å². The molecule has 0 bridgehead atoms. The number of ether oxygens (including phenoxy) is 1. The lowest BCUT2D eigenvalue weighted by molar-refractivity contribution is -0.0739. The van der Waals surface area contributed by atoms with Crippen molar-refractivity contribution in [1.29, 1.82) is 5.26 Å². The molecule has 0 saturated carbocycles. The van der Waals surface area contributed by atoms with E-state index in [4.69, 9.17) is 15.1 Å². The number of nitrogens with zero attached hydrogens (tertiary/aromatic N) is 3. The maximum Gasteiger partial charge on any atom is 0.352 e. The Labute approximate surface area is 102 Å². The molecule has 0 aliphatic carbocycles. The van der Waals surface area contributed by atoms with Crippen LogP contribution in [0.3, 0.4) is 0 Å². The Morgan fingerprint density at radius 3 is 3.06 bits per heavy atom. The second-order valence-electron chi connectivity index (χ2n) is 3.93. The minimum atomic E-state index is -1.44. The minimum absolute atomic E-state index is 0.0129. The third kappa shape index (κ3) is 1.95. The molecule has 2 heterocycles. The Balaban J connectivity index is 2.41. The molecule has 0 radical (unpaired) electrons. The first kappa shape index (κ1) is 12.5. The van der Waals surface area contributed by atoms with E-state index in [2.05, 4.69) is 4.98 Å². The molecule has 0 amide bonds. The molecule has 1 aliphatic rings. The smallest absolute Gasteiger partial charge is 0.352 e. The fourth-order valence-corrected chi connectivity index (χ4v) is 1.93. The molecule has 2 rings (SSSR count). The summed E-state index contributed by atoms with van der Waals surface area (Å²) in [6.07, 6.45) is 1.63. The second-order valence-corrected chi connectivity index (χ2v) is 3.93. The zero-order chi connectivity index (χ0) is 13.2. The van der Waals surface area contributed by atoms with Crippen LogP contribution in [0.5, 0.6) is 0 Å². The van der Waals surface area contributed by atoms with Gasteiger partial charge >= 0.3 is 5.69 Å². The molecule has 3 N–H and O–H groups in total. The van der Waals surface area contributed by atoms with Crippen LogP contribution < -0.4 is 11.2 Å². The number of hydrogen-bond acceptors (Lipinski definition) is 7. The van der Waals surface area contributed by atoms with Gasteiger partial charge in [0.15, 0.2) is 5.82 Å².